The summed E-state index contributed by atoms with van der Waals surface area (Å²) in [5, 5.41) is 43.4. The zero-order chi connectivity index (χ0) is 23.1. The second-order valence-electron chi connectivity index (χ2n) is 7.87. The highest BCUT2D eigenvalue weighted by Crippen LogP contribution is 2.32. The molecule has 0 bridgehead atoms. The SMILES string of the molecule is O=C(O)[C@H](Cc1c[nH]c2ccccc12)Nc1ncnc2c1ncn2[C@@H]1O[C@H](CO)[C@H](O)C1O. The van der Waals surface area contributed by atoms with Crippen LogP contribution in [0.4, 0.5) is 5.82 Å². The second-order valence-corrected chi connectivity index (χ2v) is 7.87. The van der Waals surface area contributed by atoms with E-state index in [-0.39, 0.29) is 23.4 Å². The zero-order valence-corrected chi connectivity index (χ0v) is 17.2. The van der Waals surface area contributed by atoms with Crippen LogP contribution in [0, 0.1) is 0 Å². The molecule has 1 aliphatic heterocycles. The minimum atomic E-state index is -1.31. The van der Waals surface area contributed by atoms with Crippen LogP contribution in [0.1, 0.15) is 11.8 Å². The number of nitrogens with one attached hydrogen (secondary N) is 2. The first-order valence-electron chi connectivity index (χ1n) is 10.3. The van der Waals surface area contributed by atoms with E-state index in [4.69, 9.17) is 4.74 Å². The number of aliphatic carboxylic acids is 1. The number of imidazole rings is 1. The second kappa shape index (κ2) is 8.41. The number of hydrogen-bond acceptors (Lipinski definition) is 9. The zero-order valence-electron chi connectivity index (χ0n) is 17.2. The highest BCUT2D eigenvalue weighted by molar-refractivity contribution is 5.88. The van der Waals surface area contributed by atoms with Crippen LogP contribution in [-0.4, -0.2) is 81.9 Å². The maximum absolute atomic E-state index is 12.0. The Balaban J connectivity index is 1.44. The average molecular weight is 454 g/mol. The predicted octanol–water partition coefficient (Wildman–Crippen LogP) is 0.0269. The van der Waals surface area contributed by atoms with E-state index in [1.165, 1.54) is 17.2 Å². The van der Waals surface area contributed by atoms with Crippen molar-refractivity contribution in [2.45, 2.75) is 37.0 Å². The number of carboxylic acids is 1. The van der Waals surface area contributed by atoms with Gasteiger partial charge in [-0.25, -0.2) is 19.7 Å². The summed E-state index contributed by atoms with van der Waals surface area (Å²) in [6.45, 7) is -0.461. The summed E-state index contributed by atoms with van der Waals surface area (Å²) in [4.78, 5) is 27.8. The standard InChI is InChI=1S/C21H22N6O6/c28-7-14-16(29)17(30)20(33-14)27-9-25-15-18(23-8-24-19(15)27)26-13(21(31)32)5-10-6-22-12-4-2-1-3-11(10)12/h1-4,6,8-9,13-14,16-17,20,22,28-30H,5,7H2,(H,31,32)(H,23,24,26)/t13-,14+,16-,17?,20+/m0/s1. The topological polar surface area (TPSA) is 179 Å². The Morgan fingerprint density at radius 2 is 2.03 bits per heavy atom. The molecule has 0 spiro atoms. The summed E-state index contributed by atoms with van der Waals surface area (Å²) in [5.74, 6) is -0.854. The number of aromatic amines is 1. The molecule has 0 amide bonds. The van der Waals surface area contributed by atoms with Gasteiger partial charge in [0.2, 0.25) is 0 Å². The molecule has 1 saturated heterocycles. The molecule has 5 atom stereocenters. The van der Waals surface area contributed by atoms with Gasteiger partial charge in [-0.2, -0.15) is 0 Å². The van der Waals surface area contributed by atoms with E-state index in [2.05, 4.69) is 25.3 Å². The monoisotopic (exact) mass is 454 g/mol. The van der Waals surface area contributed by atoms with Gasteiger partial charge in [0.1, 0.15) is 30.7 Å². The fourth-order valence-corrected chi connectivity index (χ4v) is 4.14. The minimum absolute atomic E-state index is 0.195. The Morgan fingerprint density at radius 3 is 2.79 bits per heavy atom. The lowest BCUT2D eigenvalue weighted by molar-refractivity contribution is -0.137. The van der Waals surface area contributed by atoms with Crippen LogP contribution in [-0.2, 0) is 16.0 Å². The summed E-state index contributed by atoms with van der Waals surface area (Å²) in [6.07, 6.45) is 0.0360. The fourth-order valence-electron chi connectivity index (χ4n) is 4.14. The number of ether oxygens (including phenoxy) is 1. The molecule has 3 aromatic heterocycles. The Morgan fingerprint density at radius 1 is 1.21 bits per heavy atom. The minimum Gasteiger partial charge on any atom is -0.480 e. The van der Waals surface area contributed by atoms with Crippen molar-refractivity contribution in [1.82, 2.24) is 24.5 Å². The molecule has 6 N–H and O–H groups in total. The lowest BCUT2D eigenvalue weighted by atomic mass is 10.1. The molecule has 0 radical (unpaired) electrons. The van der Waals surface area contributed by atoms with Crippen LogP contribution in [0.3, 0.4) is 0 Å². The molecule has 33 heavy (non-hydrogen) atoms. The summed E-state index contributed by atoms with van der Waals surface area (Å²) in [5.41, 5.74) is 2.31. The van der Waals surface area contributed by atoms with Gasteiger partial charge in [-0.1, -0.05) is 18.2 Å². The summed E-state index contributed by atoms with van der Waals surface area (Å²) < 4.78 is 6.97. The Hall–Kier alpha value is -3.58. The van der Waals surface area contributed by atoms with Crippen molar-refractivity contribution in [3.8, 4) is 0 Å². The first-order valence-corrected chi connectivity index (χ1v) is 10.3. The van der Waals surface area contributed by atoms with Crippen molar-refractivity contribution >= 4 is 33.9 Å². The maximum Gasteiger partial charge on any atom is 0.326 e. The lowest BCUT2D eigenvalue weighted by Crippen LogP contribution is -2.33. The number of nitrogens with zero attached hydrogens (tertiary/aromatic N) is 4. The molecular weight excluding hydrogens is 432 g/mol. The van der Waals surface area contributed by atoms with Gasteiger partial charge in [0.05, 0.1) is 12.9 Å². The fraction of sp³-hybridized carbons (Fsp3) is 0.333. The largest absolute Gasteiger partial charge is 0.480 e. The average Bonchev–Trinajstić information content (AvgIpc) is 3.50. The predicted molar refractivity (Wildman–Crippen MR) is 115 cm³/mol. The van der Waals surface area contributed by atoms with Gasteiger partial charge in [0.25, 0.3) is 0 Å². The van der Waals surface area contributed by atoms with E-state index < -0.39 is 43.2 Å². The number of fused-ring (bicyclic) bond motifs is 2. The van der Waals surface area contributed by atoms with Crippen molar-refractivity contribution in [3.63, 3.8) is 0 Å². The molecular formula is C21H22N6O6. The maximum atomic E-state index is 12.0. The number of H-pyrrole nitrogens is 1. The Kier molecular flexibility index (Phi) is 5.42. The third-order valence-electron chi connectivity index (χ3n) is 5.86. The van der Waals surface area contributed by atoms with Crippen LogP contribution in [0.15, 0.2) is 43.1 Å². The van der Waals surface area contributed by atoms with Crippen LogP contribution in [0.5, 0.6) is 0 Å². The summed E-state index contributed by atoms with van der Waals surface area (Å²) >= 11 is 0. The molecule has 4 heterocycles. The van der Waals surface area contributed by atoms with Gasteiger partial charge in [0, 0.05) is 23.5 Å². The number of benzene rings is 1. The third kappa shape index (κ3) is 3.68. The van der Waals surface area contributed by atoms with Crippen LogP contribution in [0.2, 0.25) is 0 Å². The smallest absolute Gasteiger partial charge is 0.326 e. The van der Waals surface area contributed by atoms with E-state index in [0.29, 0.717) is 0 Å². The van der Waals surface area contributed by atoms with Crippen molar-refractivity contribution in [3.05, 3.63) is 48.7 Å². The number of carboxylic acid groups (broad SMARTS) is 1. The molecule has 0 aliphatic carbocycles. The van der Waals surface area contributed by atoms with Gasteiger partial charge in [-0.15, -0.1) is 0 Å². The van der Waals surface area contributed by atoms with Gasteiger partial charge < -0.3 is 35.5 Å². The first kappa shape index (κ1) is 21.3. The highest BCUT2D eigenvalue weighted by Gasteiger charge is 2.44. The van der Waals surface area contributed by atoms with E-state index >= 15 is 0 Å². The molecule has 172 valence electrons. The number of aliphatic hydroxyl groups is 3. The van der Waals surface area contributed by atoms with E-state index in [1.54, 1.807) is 6.20 Å². The molecule has 1 unspecified atom stereocenters. The van der Waals surface area contributed by atoms with E-state index in [0.717, 1.165) is 16.5 Å². The number of rotatable bonds is 7. The van der Waals surface area contributed by atoms with Gasteiger partial charge in [-0.3, -0.25) is 4.57 Å². The third-order valence-corrected chi connectivity index (χ3v) is 5.86. The number of aromatic nitrogens is 5. The molecule has 1 fully saturated rings. The van der Waals surface area contributed by atoms with Gasteiger partial charge >= 0.3 is 5.97 Å². The van der Waals surface area contributed by atoms with Gasteiger partial charge in [0.15, 0.2) is 23.2 Å². The Labute approximate surface area is 186 Å². The summed E-state index contributed by atoms with van der Waals surface area (Å²) in [7, 11) is 0. The molecule has 0 saturated carbocycles. The van der Waals surface area contributed by atoms with Crippen molar-refractivity contribution in [2.75, 3.05) is 11.9 Å². The molecule has 1 aliphatic rings. The quantitative estimate of drug-likeness (QED) is 0.223. The number of anilines is 1. The van der Waals surface area contributed by atoms with Crippen molar-refractivity contribution in [1.29, 1.82) is 0 Å². The molecule has 1 aromatic carbocycles. The number of carbonyl (C=O) groups is 1. The first-order chi connectivity index (χ1) is 16.0. The van der Waals surface area contributed by atoms with Crippen LogP contribution < -0.4 is 5.32 Å². The van der Waals surface area contributed by atoms with E-state index in [9.17, 15) is 25.2 Å². The molecule has 12 heteroatoms. The Bertz CT molecular complexity index is 1300. The van der Waals surface area contributed by atoms with Crippen LogP contribution >= 0.6 is 0 Å². The van der Waals surface area contributed by atoms with Crippen LogP contribution in [0.25, 0.3) is 22.1 Å². The molecule has 4 aromatic rings. The highest BCUT2D eigenvalue weighted by atomic mass is 16.6. The van der Waals surface area contributed by atoms with Gasteiger partial charge in [-0.05, 0) is 11.6 Å². The lowest BCUT2D eigenvalue weighted by Gasteiger charge is -2.17. The number of hydrogen-bond donors (Lipinski definition) is 6. The molecule has 12 nitrogen and oxygen atoms in total. The number of aliphatic hydroxyl groups excluding tert-OH is 3. The summed E-state index contributed by atoms with van der Waals surface area (Å²) in [6, 6.07) is 6.63. The normalized spacial score (nSPS) is 23.8. The van der Waals surface area contributed by atoms with Crippen molar-refractivity contribution in [2.24, 2.45) is 0 Å². The van der Waals surface area contributed by atoms with E-state index in [1.807, 2.05) is 24.3 Å². The number of para-hydroxylation sites is 1. The van der Waals surface area contributed by atoms with Crippen molar-refractivity contribution < 1.29 is 30.0 Å². The molecule has 5 rings (SSSR count).